The molecule has 92 valence electrons. The molecule has 2 aromatic carbocycles. The second kappa shape index (κ2) is 5.51. The van der Waals surface area contributed by atoms with Crippen molar-refractivity contribution in [3.63, 3.8) is 0 Å². The van der Waals surface area contributed by atoms with Gasteiger partial charge in [-0.3, -0.25) is 0 Å². The van der Waals surface area contributed by atoms with Crippen LogP contribution in [0.15, 0.2) is 40.9 Å². The third kappa shape index (κ3) is 2.90. The molecule has 3 nitrogen and oxygen atoms in total. The third-order valence-corrected chi connectivity index (χ3v) is 2.97. The van der Waals surface area contributed by atoms with E-state index in [0.29, 0.717) is 15.8 Å². The van der Waals surface area contributed by atoms with Gasteiger partial charge in [0.1, 0.15) is 23.4 Å². The van der Waals surface area contributed by atoms with E-state index in [0.717, 1.165) is 6.07 Å². The van der Waals surface area contributed by atoms with Gasteiger partial charge < -0.3 is 4.74 Å². The van der Waals surface area contributed by atoms with Crippen LogP contribution in [-0.2, 0) is 0 Å². The van der Waals surface area contributed by atoms with Gasteiger partial charge in [-0.15, -0.1) is 0 Å². The lowest BCUT2D eigenvalue weighted by Crippen LogP contribution is -1.89. The molecule has 0 saturated carbocycles. The molecule has 2 aromatic rings. The quantitative estimate of drug-likeness (QED) is 0.837. The summed E-state index contributed by atoms with van der Waals surface area (Å²) >= 11 is 3.27. The van der Waals surface area contributed by atoms with Crippen molar-refractivity contribution in [3.05, 3.63) is 57.8 Å². The lowest BCUT2D eigenvalue weighted by Gasteiger charge is -2.08. The number of benzene rings is 2. The van der Waals surface area contributed by atoms with Gasteiger partial charge >= 0.3 is 0 Å². The molecule has 0 bridgehead atoms. The SMILES string of the molecule is N#Cc1ccc(Oc2ccc(C#N)c(F)c2)c(Br)c1. The molecule has 0 heterocycles. The number of ether oxygens (including phenoxy) is 1. The number of nitriles is 2. The third-order valence-electron chi connectivity index (χ3n) is 2.35. The summed E-state index contributed by atoms with van der Waals surface area (Å²) in [6.45, 7) is 0. The monoisotopic (exact) mass is 316 g/mol. The summed E-state index contributed by atoms with van der Waals surface area (Å²) in [4.78, 5) is 0. The largest absolute Gasteiger partial charge is 0.456 e. The molecule has 0 radical (unpaired) electrons. The Morgan fingerprint density at radius 2 is 1.84 bits per heavy atom. The lowest BCUT2D eigenvalue weighted by molar-refractivity contribution is 0.473. The first-order chi connectivity index (χ1) is 9.13. The minimum atomic E-state index is -0.634. The summed E-state index contributed by atoms with van der Waals surface area (Å²) in [6.07, 6.45) is 0. The summed E-state index contributed by atoms with van der Waals surface area (Å²) < 4.78 is 19.5. The predicted octanol–water partition coefficient (Wildman–Crippen LogP) is 4.12. The minimum absolute atomic E-state index is 0.0359. The van der Waals surface area contributed by atoms with Crippen LogP contribution in [0, 0.1) is 28.5 Å². The second-order valence-electron chi connectivity index (χ2n) is 3.61. The summed E-state index contributed by atoms with van der Waals surface area (Å²) in [5.41, 5.74) is 0.455. The van der Waals surface area contributed by atoms with Crippen molar-refractivity contribution in [1.82, 2.24) is 0 Å². The highest BCUT2D eigenvalue weighted by atomic mass is 79.9. The van der Waals surface area contributed by atoms with Gasteiger partial charge in [-0.05, 0) is 46.3 Å². The first-order valence-corrected chi connectivity index (χ1v) is 6.00. The fraction of sp³-hybridized carbons (Fsp3) is 0. The van der Waals surface area contributed by atoms with Gasteiger partial charge in [0.05, 0.1) is 21.7 Å². The van der Waals surface area contributed by atoms with Crippen LogP contribution >= 0.6 is 15.9 Å². The molecule has 0 saturated heterocycles. The number of rotatable bonds is 2. The van der Waals surface area contributed by atoms with E-state index >= 15 is 0 Å². The van der Waals surface area contributed by atoms with Gasteiger partial charge in [-0.25, -0.2) is 4.39 Å². The average Bonchev–Trinajstić information content (AvgIpc) is 2.41. The van der Waals surface area contributed by atoms with Gasteiger partial charge in [0, 0.05) is 6.07 Å². The molecule has 0 aromatic heterocycles. The Bertz CT molecular complexity index is 716. The molecule has 19 heavy (non-hydrogen) atoms. The minimum Gasteiger partial charge on any atom is -0.456 e. The Morgan fingerprint density at radius 3 is 2.42 bits per heavy atom. The van der Waals surface area contributed by atoms with Crippen LogP contribution < -0.4 is 4.74 Å². The maximum Gasteiger partial charge on any atom is 0.144 e. The first kappa shape index (κ1) is 13.1. The Hall–Kier alpha value is -2.37. The Morgan fingerprint density at radius 1 is 1.05 bits per heavy atom. The molecule has 0 amide bonds. The molecule has 2 rings (SSSR count). The molecule has 0 atom stereocenters. The molecule has 0 aliphatic heterocycles. The Kier molecular flexibility index (Phi) is 3.79. The molecule has 0 aliphatic carbocycles. The van der Waals surface area contributed by atoms with E-state index in [1.165, 1.54) is 12.1 Å². The van der Waals surface area contributed by atoms with Crippen LogP contribution in [0.2, 0.25) is 0 Å². The fourth-order valence-corrected chi connectivity index (χ4v) is 1.89. The maximum atomic E-state index is 13.4. The Labute approximate surface area is 117 Å². The molecular formula is C14H6BrFN2O. The van der Waals surface area contributed by atoms with Crippen molar-refractivity contribution in [3.8, 4) is 23.6 Å². The van der Waals surface area contributed by atoms with Crippen molar-refractivity contribution in [2.75, 3.05) is 0 Å². The predicted molar refractivity (Wildman–Crippen MR) is 70.0 cm³/mol. The molecule has 0 aliphatic rings. The first-order valence-electron chi connectivity index (χ1n) is 5.21. The van der Waals surface area contributed by atoms with E-state index in [1.54, 1.807) is 24.3 Å². The number of hydrogen-bond donors (Lipinski definition) is 0. The van der Waals surface area contributed by atoms with E-state index < -0.39 is 5.82 Å². The summed E-state index contributed by atoms with van der Waals surface area (Å²) in [5, 5.41) is 17.4. The van der Waals surface area contributed by atoms with Crippen LogP contribution in [0.3, 0.4) is 0 Å². The van der Waals surface area contributed by atoms with E-state index in [9.17, 15) is 4.39 Å². The zero-order valence-corrected chi connectivity index (χ0v) is 11.1. The highest BCUT2D eigenvalue weighted by Gasteiger charge is 2.07. The Balaban J connectivity index is 2.30. The second-order valence-corrected chi connectivity index (χ2v) is 4.47. The maximum absolute atomic E-state index is 13.4. The molecule has 5 heteroatoms. The summed E-state index contributed by atoms with van der Waals surface area (Å²) in [7, 11) is 0. The molecule has 0 unspecified atom stereocenters. The molecular weight excluding hydrogens is 311 g/mol. The van der Waals surface area contributed by atoms with Gasteiger partial charge in [0.15, 0.2) is 0 Å². The van der Waals surface area contributed by atoms with Crippen LogP contribution in [0.4, 0.5) is 4.39 Å². The zero-order chi connectivity index (χ0) is 13.8. The van der Waals surface area contributed by atoms with Crippen LogP contribution in [0.5, 0.6) is 11.5 Å². The van der Waals surface area contributed by atoms with Crippen molar-refractivity contribution in [2.45, 2.75) is 0 Å². The van der Waals surface area contributed by atoms with Crippen molar-refractivity contribution < 1.29 is 9.13 Å². The van der Waals surface area contributed by atoms with Crippen LogP contribution in [-0.4, -0.2) is 0 Å². The van der Waals surface area contributed by atoms with Crippen molar-refractivity contribution in [2.24, 2.45) is 0 Å². The van der Waals surface area contributed by atoms with E-state index in [-0.39, 0.29) is 11.3 Å². The van der Waals surface area contributed by atoms with Crippen LogP contribution in [0.25, 0.3) is 0 Å². The number of hydrogen-bond acceptors (Lipinski definition) is 3. The van der Waals surface area contributed by atoms with Crippen molar-refractivity contribution in [1.29, 1.82) is 10.5 Å². The standard InChI is InChI=1S/C14H6BrFN2O/c15-12-5-9(7-17)1-4-14(12)19-11-3-2-10(8-18)13(16)6-11/h1-6H. The zero-order valence-electron chi connectivity index (χ0n) is 9.52. The molecule has 0 fully saturated rings. The van der Waals surface area contributed by atoms with Gasteiger partial charge in [-0.2, -0.15) is 10.5 Å². The van der Waals surface area contributed by atoms with E-state index in [2.05, 4.69) is 15.9 Å². The normalized spacial score (nSPS) is 9.47. The van der Waals surface area contributed by atoms with Gasteiger partial charge in [0.25, 0.3) is 0 Å². The number of nitrogens with zero attached hydrogens (tertiary/aromatic N) is 2. The molecule has 0 N–H and O–H groups in total. The highest BCUT2D eigenvalue weighted by Crippen LogP contribution is 2.31. The molecule has 0 spiro atoms. The van der Waals surface area contributed by atoms with Gasteiger partial charge in [0.2, 0.25) is 0 Å². The summed E-state index contributed by atoms with van der Waals surface area (Å²) in [6, 6.07) is 12.5. The fourth-order valence-electron chi connectivity index (χ4n) is 1.43. The highest BCUT2D eigenvalue weighted by molar-refractivity contribution is 9.10. The summed E-state index contributed by atoms with van der Waals surface area (Å²) in [5.74, 6) is 0.106. The van der Waals surface area contributed by atoms with Crippen LogP contribution in [0.1, 0.15) is 11.1 Å². The topological polar surface area (TPSA) is 56.8 Å². The average molecular weight is 317 g/mol. The smallest absolute Gasteiger partial charge is 0.144 e. The van der Waals surface area contributed by atoms with E-state index in [4.69, 9.17) is 15.3 Å². The van der Waals surface area contributed by atoms with Gasteiger partial charge in [-0.1, -0.05) is 0 Å². The lowest BCUT2D eigenvalue weighted by atomic mass is 10.2. The van der Waals surface area contributed by atoms with E-state index in [1.807, 2.05) is 6.07 Å². The number of halogens is 2. The van der Waals surface area contributed by atoms with Crippen molar-refractivity contribution >= 4 is 15.9 Å².